The molecule has 0 aliphatic carbocycles. The molecule has 2 rings (SSSR count). The van der Waals surface area contributed by atoms with E-state index in [1.165, 1.54) is 11.5 Å². The molecule has 15 heavy (non-hydrogen) atoms. The fourth-order valence-electron chi connectivity index (χ4n) is 1.23. The van der Waals surface area contributed by atoms with E-state index in [2.05, 4.69) is 9.59 Å². The molecule has 0 aliphatic heterocycles. The second-order valence-electron chi connectivity index (χ2n) is 2.84. The van der Waals surface area contributed by atoms with Gasteiger partial charge in [0.05, 0.1) is 12.0 Å². The van der Waals surface area contributed by atoms with E-state index in [-0.39, 0.29) is 0 Å². The van der Waals surface area contributed by atoms with Gasteiger partial charge in [0.15, 0.2) is 0 Å². The molecule has 0 amide bonds. The van der Waals surface area contributed by atoms with E-state index in [4.69, 9.17) is 4.74 Å². The summed E-state index contributed by atoms with van der Waals surface area (Å²) in [6, 6.07) is 7.93. The first-order chi connectivity index (χ1) is 7.35. The topological polar surface area (TPSA) is 35.0 Å². The van der Waals surface area contributed by atoms with Gasteiger partial charge in [0.1, 0.15) is 10.8 Å². The second kappa shape index (κ2) is 4.63. The summed E-state index contributed by atoms with van der Waals surface area (Å²) in [4.78, 5) is 1.12. The fraction of sp³-hybridized carbons (Fsp3) is 0.200. The summed E-state index contributed by atoms with van der Waals surface area (Å²) in [7, 11) is 1.66. The van der Waals surface area contributed by atoms with E-state index in [0.717, 1.165) is 21.2 Å². The highest BCUT2D eigenvalue weighted by atomic mass is 32.2. The van der Waals surface area contributed by atoms with Crippen LogP contribution >= 0.6 is 23.3 Å². The number of thioether (sulfide) groups is 1. The SMILES string of the molecule is COc1ccc(-c2snnc2SC)cc1. The Morgan fingerprint density at radius 2 is 2.00 bits per heavy atom. The van der Waals surface area contributed by atoms with E-state index in [9.17, 15) is 0 Å². The first kappa shape index (κ1) is 10.4. The molecule has 0 atom stereocenters. The monoisotopic (exact) mass is 238 g/mol. The zero-order chi connectivity index (χ0) is 10.7. The molecule has 0 spiro atoms. The minimum absolute atomic E-state index is 0.863. The maximum atomic E-state index is 5.11. The molecule has 1 aromatic carbocycles. The Morgan fingerprint density at radius 3 is 2.60 bits per heavy atom. The number of nitrogens with zero attached hydrogens (tertiary/aromatic N) is 2. The summed E-state index contributed by atoms with van der Waals surface area (Å²) < 4.78 is 9.06. The Morgan fingerprint density at radius 1 is 1.27 bits per heavy atom. The molecule has 78 valence electrons. The summed E-state index contributed by atoms with van der Waals surface area (Å²) in [5, 5.41) is 5.03. The van der Waals surface area contributed by atoms with Crippen molar-refractivity contribution < 1.29 is 4.74 Å². The third-order valence-corrected chi connectivity index (χ3v) is 3.58. The zero-order valence-corrected chi connectivity index (χ0v) is 10.1. The number of rotatable bonds is 3. The standard InChI is InChI=1S/C10H10N2OS2/c1-13-8-5-3-7(4-6-8)9-10(14-2)11-12-15-9/h3-6H,1-2H3. The van der Waals surface area contributed by atoms with Crippen LogP contribution in [0, 0.1) is 0 Å². The lowest BCUT2D eigenvalue weighted by Gasteiger charge is -2.01. The van der Waals surface area contributed by atoms with Gasteiger partial charge in [-0.05, 0) is 47.6 Å². The molecule has 0 saturated carbocycles. The maximum absolute atomic E-state index is 5.11. The summed E-state index contributed by atoms with van der Waals surface area (Å²) >= 11 is 3.03. The van der Waals surface area contributed by atoms with Gasteiger partial charge in [-0.15, -0.1) is 16.9 Å². The number of methoxy groups -OCH3 is 1. The first-order valence-electron chi connectivity index (χ1n) is 4.36. The van der Waals surface area contributed by atoms with Crippen molar-refractivity contribution in [2.24, 2.45) is 0 Å². The Kier molecular flexibility index (Phi) is 3.23. The Bertz CT molecular complexity index is 439. The number of ether oxygens (including phenoxy) is 1. The van der Waals surface area contributed by atoms with Crippen LogP contribution < -0.4 is 4.74 Å². The van der Waals surface area contributed by atoms with Crippen molar-refractivity contribution >= 4 is 23.3 Å². The molecular weight excluding hydrogens is 228 g/mol. The fourth-order valence-corrected chi connectivity index (χ4v) is 2.64. The van der Waals surface area contributed by atoms with Crippen molar-refractivity contribution in [3.8, 4) is 16.2 Å². The molecule has 3 nitrogen and oxygen atoms in total. The average molecular weight is 238 g/mol. The van der Waals surface area contributed by atoms with Gasteiger partial charge in [0.25, 0.3) is 0 Å². The molecule has 0 saturated heterocycles. The van der Waals surface area contributed by atoms with E-state index in [1.54, 1.807) is 18.9 Å². The summed E-state index contributed by atoms with van der Waals surface area (Å²) in [6.45, 7) is 0. The summed E-state index contributed by atoms with van der Waals surface area (Å²) in [5.74, 6) is 0.863. The van der Waals surface area contributed by atoms with Crippen LogP contribution in [0.15, 0.2) is 29.3 Å². The number of benzene rings is 1. The van der Waals surface area contributed by atoms with Gasteiger partial charge in [0.2, 0.25) is 0 Å². The third kappa shape index (κ3) is 2.13. The highest BCUT2D eigenvalue weighted by molar-refractivity contribution is 7.98. The quantitative estimate of drug-likeness (QED) is 0.770. The molecule has 0 aliphatic rings. The average Bonchev–Trinajstić information content (AvgIpc) is 2.77. The van der Waals surface area contributed by atoms with Crippen LogP contribution in [0.5, 0.6) is 5.75 Å². The van der Waals surface area contributed by atoms with Crippen LogP contribution in [0.2, 0.25) is 0 Å². The Balaban J connectivity index is 2.37. The van der Waals surface area contributed by atoms with Gasteiger partial charge in [-0.3, -0.25) is 0 Å². The molecule has 2 aromatic rings. The van der Waals surface area contributed by atoms with Gasteiger partial charge in [-0.1, -0.05) is 4.49 Å². The normalized spacial score (nSPS) is 10.3. The molecular formula is C10H10N2OS2. The first-order valence-corrected chi connectivity index (χ1v) is 6.35. The number of aromatic nitrogens is 2. The van der Waals surface area contributed by atoms with Gasteiger partial charge >= 0.3 is 0 Å². The Hall–Kier alpha value is -1.07. The van der Waals surface area contributed by atoms with Crippen LogP contribution in [0.3, 0.4) is 0 Å². The van der Waals surface area contributed by atoms with Crippen molar-refractivity contribution in [1.82, 2.24) is 9.59 Å². The van der Waals surface area contributed by atoms with Crippen molar-refractivity contribution in [2.75, 3.05) is 13.4 Å². The predicted molar refractivity (Wildman–Crippen MR) is 63.7 cm³/mol. The molecule has 0 N–H and O–H groups in total. The van der Waals surface area contributed by atoms with E-state index < -0.39 is 0 Å². The number of hydrogen-bond donors (Lipinski definition) is 0. The highest BCUT2D eigenvalue weighted by Gasteiger charge is 2.08. The summed E-state index contributed by atoms with van der Waals surface area (Å²) in [5.41, 5.74) is 1.13. The molecule has 1 aromatic heterocycles. The van der Waals surface area contributed by atoms with Crippen molar-refractivity contribution in [3.05, 3.63) is 24.3 Å². The van der Waals surface area contributed by atoms with E-state index in [1.807, 2.05) is 30.5 Å². The molecule has 1 heterocycles. The minimum Gasteiger partial charge on any atom is -0.497 e. The van der Waals surface area contributed by atoms with Gasteiger partial charge in [-0.2, -0.15) is 0 Å². The largest absolute Gasteiger partial charge is 0.497 e. The van der Waals surface area contributed by atoms with Crippen LogP contribution in [0.1, 0.15) is 0 Å². The van der Waals surface area contributed by atoms with Gasteiger partial charge in [0, 0.05) is 0 Å². The van der Waals surface area contributed by atoms with Crippen molar-refractivity contribution in [1.29, 1.82) is 0 Å². The predicted octanol–water partition coefficient (Wildman–Crippen LogP) is 2.94. The Labute approximate surface area is 96.6 Å². The maximum Gasteiger partial charge on any atom is 0.139 e. The van der Waals surface area contributed by atoms with E-state index in [0.29, 0.717) is 0 Å². The third-order valence-electron chi connectivity index (χ3n) is 2.00. The molecule has 0 bridgehead atoms. The minimum atomic E-state index is 0.863. The molecule has 0 unspecified atom stereocenters. The van der Waals surface area contributed by atoms with Gasteiger partial charge in [-0.25, -0.2) is 0 Å². The molecule has 0 radical (unpaired) electrons. The summed E-state index contributed by atoms with van der Waals surface area (Å²) in [6.07, 6.45) is 2.00. The lowest BCUT2D eigenvalue weighted by atomic mass is 10.2. The van der Waals surface area contributed by atoms with Crippen LogP contribution in [0.4, 0.5) is 0 Å². The smallest absolute Gasteiger partial charge is 0.139 e. The highest BCUT2D eigenvalue weighted by Crippen LogP contribution is 2.32. The van der Waals surface area contributed by atoms with Gasteiger partial charge < -0.3 is 4.74 Å². The van der Waals surface area contributed by atoms with Crippen molar-refractivity contribution in [2.45, 2.75) is 5.03 Å². The van der Waals surface area contributed by atoms with E-state index >= 15 is 0 Å². The molecule has 5 heteroatoms. The lowest BCUT2D eigenvalue weighted by Crippen LogP contribution is -1.82. The molecule has 0 fully saturated rings. The zero-order valence-electron chi connectivity index (χ0n) is 8.43. The number of hydrogen-bond acceptors (Lipinski definition) is 5. The second-order valence-corrected chi connectivity index (χ2v) is 4.39. The van der Waals surface area contributed by atoms with Crippen molar-refractivity contribution in [3.63, 3.8) is 0 Å². The van der Waals surface area contributed by atoms with Crippen LogP contribution in [0.25, 0.3) is 10.4 Å². The van der Waals surface area contributed by atoms with Crippen LogP contribution in [-0.2, 0) is 0 Å². The van der Waals surface area contributed by atoms with Crippen LogP contribution in [-0.4, -0.2) is 23.0 Å². The lowest BCUT2D eigenvalue weighted by molar-refractivity contribution is 0.415.